The Balaban J connectivity index is 0.000000456. The molecular weight excluding hydrogens is 961 g/mol. The van der Waals surface area contributed by atoms with E-state index < -0.39 is 16.4 Å². The molecule has 376 valence electrons. The van der Waals surface area contributed by atoms with Gasteiger partial charge in [0.15, 0.2) is 0 Å². The van der Waals surface area contributed by atoms with Crippen molar-refractivity contribution in [3.05, 3.63) is 97.1 Å². The van der Waals surface area contributed by atoms with Gasteiger partial charge in [0.1, 0.15) is 17.7 Å². The number of fused-ring (bicyclic) bond motifs is 4. The topological polar surface area (TPSA) is 111 Å². The highest BCUT2D eigenvalue weighted by Gasteiger charge is 2.37. The number of carbonyl (C=O) groups excluding carboxylic acids is 3. The minimum Gasteiger partial charge on any atom is -0.460 e. The number of ether oxygens (including phenoxy) is 3. The second-order valence-corrected chi connectivity index (χ2v) is 22.9. The molecule has 4 aromatic carbocycles. The number of rotatable bonds is 16. The lowest BCUT2D eigenvalue weighted by Crippen LogP contribution is -2.54. The lowest BCUT2D eigenvalue weighted by atomic mass is 9.88. The van der Waals surface area contributed by atoms with Gasteiger partial charge >= 0.3 is 17.9 Å². The largest absolute Gasteiger partial charge is 0.460 e. The van der Waals surface area contributed by atoms with Crippen LogP contribution in [0.25, 0.3) is 0 Å². The summed E-state index contributed by atoms with van der Waals surface area (Å²) in [4.78, 5) is 47.2. The van der Waals surface area contributed by atoms with Crippen molar-refractivity contribution < 1.29 is 37.6 Å². The van der Waals surface area contributed by atoms with E-state index in [2.05, 4.69) is 149 Å². The van der Waals surface area contributed by atoms with Crippen LogP contribution in [0.2, 0.25) is 0 Å². The first-order valence-electron chi connectivity index (χ1n) is 22.5. The lowest BCUT2D eigenvalue weighted by Gasteiger charge is -2.40. The van der Waals surface area contributed by atoms with Crippen LogP contribution in [0.3, 0.4) is 0 Å². The van der Waals surface area contributed by atoms with E-state index in [1.807, 2.05) is 60.2 Å². The molecule has 16 heteroatoms. The number of hydrogen-bond donors (Lipinski definition) is 1. The SMILES string of the molecule is CC(CN1c2ccccc2Sc2ccccc21)[N+](C)(C)COC(=O)C(C)(C)CCC(=O)OC(C)(C)C.CC(CN1c2ccccc2Sc2ccccc21)[N+](C)(C)COC(=O)C(C)(C)CN.Cl.Cl.Cl. The second-order valence-electron chi connectivity index (χ2n) is 20.7. The van der Waals surface area contributed by atoms with Gasteiger partial charge in [-0.25, -0.2) is 0 Å². The van der Waals surface area contributed by atoms with Gasteiger partial charge in [0.05, 0.1) is 74.9 Å². The minimum atomic E-state index is -0.776. The highest BCUT2D eigenvalue weighted by molar-refractivity contribution is 8.00. The predicted octanol–water partition coefficient (Wildman–Crippen LogP) is 11.9. The number of halogens is 3. The van der Waals surface area contributed by atoms with Gasteiger partial charge in [-0.2, -0.15) is 0 Å². The smallest absolute Gasteiger partial charge is 0.317 e. The monoisotopic (exact) mass is 1040 g/mol. The van der Waals surface area contributed by atoms with E-state index in [0.29, 0.717) is 22.1 Å². The standard InChI is InChI=1S/C29H41N2O4S.C23H32N3O2S.3ClH/c1-21(19-30-22-13-9-11-15-24(22)36-25-16-12-10-14-23(25)30)31(7,8)20-34-27(33)29(5,6)18-17-26(32)35-28(2,3)4;1-17(26(4,5)16-28-22(27)23(2,3)15-24)14-25-18-10-6-8-12-20(18)29-21-13-9-7-11-19(21)25;;;/h9-16,21H,17-20H2,1-8H3;6-13,17H,14-16,24H2,1-5H3;3*1H/q2*+1;;;. The van der Waals surface area contributed by atoms with Crippen molar-refractivity contribution in [3.63, 3.8) is 0 Å². The van der Waals surface area contributed by atoms with E-state index in [4.69, 9.17) is 19.9 Å². The Hall–Kier alpha value is -3.66. The van der Waals surface area contributed by atoms with Gasteiger partial charge in [-0.1, -0.05) is 72.1 Å². The molecule has 0 saturated heterocycles. The molecule has 0 saturated carbocycles. The van der Waals surface area contributed by atoms with Crippen molar-refractivity contribution in [1.82, 2.24) is 0 Å². The zero-order valence-electron chi connectivity index (χ0n) is 42.2. The van der Waals surface area contributed by atoms with Crippen molar-refractivity contribution in [2.75, 3.05) is 71.1 Å². The lowest BCUT2D eigenvalue weighted by molar-refractivity contribution is -0.927. The third-order valence-electron chi connectivity index (χ3n) is 12.4. The van der Waals surface area contributed by atoms with Crippen LogP contribution in [0, 0.1) is 10.8 Å². The third-order valence-corrected chi connectivity index (χ3v) is 14.7. The number of quaternary nitrogens is 2. The van der Waals surface area contributed by atoms with Gasteiger partial charge in [0.25, 0.3) is 0 Å². The van der Waals surface area contributed by atoms with Gasteiger partial charge in [0.2, 0.25) is 13.5 Å². The fraction of sp³-hybridized carbons (Fsp3) is 0.481. The van der Waals surface area contributed by atoms with Crippen LogP contribution in [0.4, 0.5) is 22.7 Å². The Kier molecular flexibility index (Phi) is 22.2. The summed E-state index contributed by atoms with van der Waals surface area (Å²) in [5.41, 5.74) is 8.59. The summed E-state index contributed by atoms with van der Waals surface area (Å²) < 4.78 is 17.9. The third kappa shape index (κ3) is 15.7. The molecule has 6 rings (SSSR count). The summed E-state index contributed by atoms with van der Waals surface area (Å²) >= 11 is 3.61. The number of benzene rings is 4. The van der Waals surface area contributed by atoms with E-state index >= 15 is 0 Å². The molecule has 2 atom stereocenters. The maximum Gasteiger partial charge on any atom is 0.317 e. The molecule has 0 fully saturated rings. The van der Waals surface area contributed by atoms with Crippen LogP contribution < -0.4 is 15.5 Å². The van der Waals surface area contributed by atoms with Gasteiger partial charge in [-0.15, -0.1) is 37.2 Å². The zero-order chi connectivity index (χ0) is 48.0. The van der Waals surface area contributed by atoms with Gasteiger partial charge < -0.3 is 29.7 Å². The second kappa shape index (κ2) is 24.9. The molecule has 0 aromatic heterocycles. The molecule has 2 aliphatic rings. The van der Waals surface area contributed by atoms with Gasteiger partial charge in [-0.3, -0.25) is 23.3 Å². The summed E-state index contributed by atoms with van der Waals surface area (Å²) in [5, 5.41) is 0. The van der Waals surface area contributed by atoms with Crippen LogP contribution >= 0.6 is 60.7 Å². The van der Waals surface area contributed by atoms with Gasteiger partial charge in [0, 0.05) is 32.5 Å². The summed E-state index contributed by atoms with van der Waals surface area (Å²) in [6, 6.07) is 34.4. The molecule has 0 radical (unpaired) electrons. The van der Waals surface area contributed by atoms with E-state index in [-0.39, 0.29) is 86.9 Å². The Bertz CT molecular complexity index is 2220. The van der Waals surface area contributed by atoms with Crippen LogP contribution in [-0.2, 0) is 28.6 Å². The number of carbonyl (C=O) groups is 3. The molecule has 2 unspecified atom stereocenters. The van der Waals surface area contributed by atoms with Crippen molar-refractivity contribution in [2.45, 2.75) is 112 Å². The maximum absolute atomic E-state index is 13.0. The number of para-hydroxylation sites is 4. The summed E-state index contributed by atoms with van der Waals surface area (Å²) in [6.07, 6.45) is 0.558. The molecule has 2 heterocycles. The molecule has 4 aromatic rings. The number of nitrogens with two attached hydrogens (primary N) is 1. The summed E-state index contributed by atoms with van der Waals surface area (Å²) in [6.45, 7) is 19.6. The molecule has 11 nitrogen and oxygen atoms in total. The van der Waals surface area contributed by atoms with Crippen molar-refractivity contribution in [3.8, 4) is 0 Å². The van der Waals surface area contributed by atoms with E-state index in [1.165, 1.54) is 42.3 Å². The zero-order valence-corrected chi connectivity index (χ0v) is 46.3. The first-order chi connectivity index (χ1) is 30.3. The predicted molar refractivity (Wildman–Crippen MR) is 287 cm³/mol. The fourth-order valence-electron chi connectivity index (χ4n) is 7.01. The molecule has 2 aliphatic heterocycles. The van der Waals surface area contributed by atoms with E-state index in [0.717, 1.165) is 13.1 Å². The summed E-state index contributed by atoms with van der Waals surface area (Å²) in [5.74, 6) is -0.841. The number of esters is 3. The molecular formula is C52H76Cl3N5O6S2+2. The Morgan fingerprint density at radius 2 is 0.868 bits per heavy atom. The van der Waals surface area contributed by atoms with Crippen LogP contribution in [0.1, 0.15) is 75.2 Å². The highest BCUT2D eigenvalue weighted by atomic mass is 35.5. The van der Waals surface area contributed by atoms with E-state index in [1.54, 1.807) is 11.8 Å². The highest BCUT2D eigenvalue weighted by Crippen LogP contribution is 2.49. The Labute approximate surface area is 433 Å². The average Bonchev–Trinajstić information content (AvgIpc) is 3.26. The molecule has 0 aliphatic carbocycles. The number of nitrogens with zero attached hydrogens (tertiary/aromatic N) is 4. The normalized spacial score (nSPS) is 14.0. The molecule has 2 N–H and O–H groups in total. The van der Waals surface area contributed by atoms with Gasteiger partial charge in [-0.05, 0) is 117 Å². The molecule has 68 heavy (non-hydrogen) atoms. The van der Waals surface area contributed by atoms with Crippen LogP contribution in [0.5, 0.6) is 0 Å². The Morgan fingerprint density at radius 1 is 0.559 bits per heavy atom. The van der Waals surface area contributed by atoms with Crippen molar-refractivity contribution >= 4 is 101 Å². The van der Waals surface area contributed by atoms with E-state index in [9.17, 15) is 14.4 Å². The van der Waals surface area contributed by atoms with Crippen LogP contribution in [-0.4, -0.2) is 106 Å². The quantitative estimate of drug-likeness (QED) is 0.0501. The van der Waals surface area contributed by atoms with Crippen molar-refractivity contribution in [2.24, 2.45) is 16.6 Å². The molecule has 0 bridgehead atoms. The maximum atomic E-state index is 13.0. The number of anilines is 4. The first-order valence-corrected chi connectivity index (χ1v) is 24.2. The minimum absolute atomic E-state index is 0. The molecule has 0 spiro atoms. The first kappa shape index (κ1) is 60.5. The van der Waals surface area contributed by atoms with Crippen molar-refractivity contribution in [1.29, 1.82) is 0 Å². The number of likely N-dealkylation sites (N-methyl/N-ethyl adjacent to an activating group) is 2. The average molecular weight is 1040 g/mol. The fourth-order valence-corrected chi connectivity index (χ4v) is 9.21. The Morgan fingerprint density at radius 3 is 1.18 bits per heavy atom. The molecule has 0 amide bonds. The van der Waals surface area contributed by atoms with Crippen LogP contribution in [0.15, 0.2) is 117 Å². The summed E-state index contributed by atoms with van der Waals surface area (Å²) in [7, 11) is 8.37. The number of hydrogen-bond acceptors (Lipinski definition) is 11.